The number of esters is 1. The molecule has 0 saturated carbocycles. The van der Waals surface area contributed by atoms with Crippen LogP contribution in [0.4, 0.5) is 0 Å². The molecule has 1 N–H and O–H groups in total. The van der Waals surface area contributed by atoms with Crippen LogP contribution in [0.3, 0.4) is 0 Å². The number of carbonyl (C=O) groups excluding carboxylic acids is 1. The van der Waals surface area contributed by atoms with Gasteiger partial charge in [0.15, 0.2) is 0 Å². The van der Waals surface area contributed by atoms with Crippen molar-refractivity contribution >= 4 is 5.97 Å². The van der Waals surface area contributed by atoms with Gasteiger partial charge in [-0.05, 0) is 44.9 Å². The van der Waals surface area contributed by atoms with E-state index in [2.05, 4.69) is 43.4 Å². The molecule has 3 heteroatoms. The highest BCUT2D eigenvalue weighted by Gasteiger charge is 2.00. The van der Waals surface area contributed by atoms with Crippen molar-refractivity contribution in [1.29, 1.82) is 0 Å². The molecule has 0 bridgehead atoms. The van der Waals surface area contributed by atoms with Crippen molar-refractivity contribution in [2.45, 2.75) is 77.6 Å². The fourth-order valence-corrected chi connectivity index (χ4v) is 2.14. The number of carbonyl (C=O) groups is 1. The minimum absolute atomic E-state index is 0.0712. The highest BCUT2D eigenvalue weighted by Crippen LogP contribution is 2.04. The number of rotatable bonds is 16. The van der Waals surface area contributed by atoms with E-state index >= 15 is 0 Å². The zero-order chi connectivity index (χ0) is 17.7. The van der Waals surface area contributed by atoms with Crippen LogP contribution in [-0.2, 0) is 9.53 Å². The van der Waals surface area contributed by atoms with Crippen molar-refractivity contribution in [2.75, 3.05) is 13.2 Å². The number of allylic oxidation sites excluding steroid dienone is 6. The summed E-state index contributed by atoms with van der Waals surface area (Å²) in [4.78, 5) is 11.3. The van der Waals surface area contributed by atoms with Crippen LogP contribution in [0.2, 0.25) is 0 Å². The van der Waals surface area contributed by atoms with Gasteiger partial charge in [0.1, 0.15) is 0 Å². The number of hydrogen-bond acceptors (Lipinski definition) is 3. The van der Waals surface area contributed by atoms with E-state index in [-0.39, 0.29) is 12.6 Å². The summed E-state index contributed by atoms with van der Waals surface area (Å²) >= 11 is 0. The van der Waals surface area contributed by atoms with Gasteiger partial charge in [-0.2, -0.15) is 0 Å². The summed E-state index contributed by atoms with van der Waals surface area (Å²) in [6, 6.07) is 0. The van der Waals surface area contributed by atoms with Crippen LogP contribution >= 0.6 is 0 Å². The van der Waals surface area contributed by atoms with E-state index in [0.29, 0.717) is 19.4 Å². The summed E-state index contributed by atoms with van der Waals surface area (Å²) in [6.07, 6.45) is 24.3. The SMILES string of the molecule is CCCCCC=CCC=CCC=CCCCCC(=O)OCCCO. The van der Waals surface area contributed by atoms with Crippen LogP contribution < -0.4 is 0 Å². The summed E-state index contributed by atoms with van der Waals surface area (Å²) < 4.78 is 4.97. The van der Waals surface area contributed by atoms with Crippen LogP contribution in [0, 0.1) is 0 Å². The van der Waals surface area contributed by atoms with Gasteiger partial charge in [0.2, 0.25) is 0 Å². The molecule has 0 unspecified atom stereocenters. The van der Waals surface area contributed by atoms with Crippen LogP contribution in [0.15, 0.2) is 36.5 Å². The molecular weight excluding hydrogens is 300 g/mol. The Kier molecular flexibility index (Phi) is 18.6. The Morgan fingerprint density at radius 3 is 2.00 bits per heavy atom. The van der Waals surface area contributed by atoms with Gasteiger partial charge in [-0.3, -0.25) is 4.79 Å². The summed E-state index contributed by atoms with van der Waals surface area (Å²) in [7, 11) is 0. The summed E-state index contributed by atoms with van der Waals surface area (Å²) in [6.45, 7) is 2.63. The summed E-state index contributed by atoms with van der Waals surface area (Å²) in [5.41, 5.74) is 0. The molecule has 0 heterocycles. The fraction of sp³-hybridized carbons (Fsp3) is 0.667. The Bertz CT molecular complexity index is 356. The average Bonchev–Trinajstić information content (AvgIpc) is 2.58. The lowest BCUT2D eigenvalue weighted by Crippen LogP contribution is -2.06. The Hall–Kier alpha value is -1.35. The lowest BCUT2D eigenvalue weighted by atomic mass is 10.1. The topological polar surface area (TPSA) is 46.5 Å². The molecule has 24 heavy (non-hydrogen) atoms. The minimum atomic E-state index is -0.155. The van der Waals surface area contributed by atoms with Gasteiger partial charge >= 0.3 is 5.97 Å². The molecule has 0 radical (unpaired) electrons. The molecule has 3 nitrogen and oxygen atoms in total. The molecule has 0 atom stereocenters. The average molecular weight is 337 g/mol. The molecule has 0 aromatic carbocycles. The number of hydrogen-bond donors (Lipinski definition) is 1. The van der Waals surface area contributed by atoms with E-state index in [1.807, 2.05) is 0 Å². The predicted octanol–water partition coefficient (Wildman–Crippen LogP) is 5.50. The molecule has 0 aliphatic carbocycles. The third-order valence-electron chi connectivity index (χ3n) is 3.59. The highest BCUT2D eigenvalue weighted by atomic mass is 16.5. The van der Waals surface area contributed by atoms with Gasteiger partial charge in [0.05, 0.1) is 6.61 Å². The van der Waals surface area contributed by atoms with E-state index in [9.17, 15) is 4.79 Å². The van der Waals surface area contributed by atoms with Crippen molar-refractivity contribution in [1.82, 2.24) is 0 Å². The van der Waals surface area contributed by atoms with Crippen LogP contribution in [-0.4, -0.2) is 24.3 Å². The number of aliphatic hydroxyl groups excluding tert-OH is 1. The van der Waals surface area contributed by atoms with Crippen LogP contribution in [0.1, 0.15) is 77.6 Å². The second kappa shape index (κ2) is 19.7. The van der Waals surface area contributed by atoms with Crippen molar-refractivity contribution in [3.8, 4) is 0 Å². The number of ether oxygens (including phenoxy) is 1. The first-order valence-corrected chi connectivity index (χ1v) is 9.52. The quantitative estimate of drug-likeness (QED) is 0.230. The first kappa shape index (κ1) is 22.6. The molecule has 0 aliphatic rings. The van der Waals surface area contributed by atoms with Crippen LogP contribution in [0.25, 0.3) is 0 Å². The molecule has 0 spiro atoms. The predicted molar refractivity (Wildman–Crippen MR) is 102 cm³/mol. The van der Waals surface area contributed by atoms with E-state index < -0.39 is 0 Å². The van der Waals surface area contributed by atoms with Crippen molar-refractivity contribution < 1.29 is 14.6 Å². The fourth-order valence-electron chi connectivity index (χ4n) is 2.14. The van der Waals surface area contributed by atoms with Crippen molar-refractivity contribution in [3.05, 3.63) is 36.5 Å². The second-order valence-corrected chi connectivity index (χ2v) is 5.92. The zero-order valence-corrected chi connectivity index (χ0v) is 15.4. The monoisotopic (exact) mass is 336 g/mol. The normalized spacial score (nSPS) is 11.9. The van der Waals surface area contributed by atoms with Gasteiger partial charge in [-0.1, -0.05) is 56.2 Å². The van der Waals surface area contributed by atoms with Crippen molar-refractivity contribution in [2.24, 2.45) is 0 Å². The standard InChI is InChI=1S/C21H36O3/c1-2-3-4-5-6-7-8-9-10-11-12-13-14-15-16-18-21(23)24-20-17-19-22/h6-7,9-10,12-13,22H,2-5,8,11,14-20H2,1H3. The maximum absolute atomic E-state index is 11.3. The first-order valence-electron chi connectivity index (χ1n) is 9.52. The highest BCUT2D eigenvalue weighted by molar-refractivity contribution is 5.69. The summed E-state index contributed by atoms with van der Waals surface area (Å²) in [5, 5.41) is 8.59. The maximum Gasteiger partial charge on any atom is 0.305 e. The zero-order valence-electron chi connectivity index (χ0n) is 15.4. The van der Waals surface area contributed by atoms with E-state index in [0.717, 1.165) is 32.1 Å². The Labute approximate surface area is 148 Å². The van der Waals surface area contributed by atoms with Crippen molar-refractivity contribution in [3.63, 3.8) is 0 Å². The smallest absolute Gasteiger partial charge is 0.305 e. The Morgan fingerprint density at radius 2 is 1.42 bits per heavy atom. The maximum atomic E-state index is 11.3. The Morgan fingerprint density at radius 1 is 0.833 bits per heavy atom. The lowest BCUT2D eigenvalue weighted by molar-refractivity contribution is -0.144. The molecule has 0 saturated heterocycles. The molecular formula is C21H36O3. The van der Waals surface area contributed by atoms with E-state index in [1.54, 1.807) is 0 Å². The van der Waals surface area contributed by atoms with Crippen LogP contribution in [0.5, 0.6) is 0 Å². The number of unbranched alkanes of at least 4 members (excludes halogenated alkanes) is 5. The third-order valence-corrected chi connectivity index (χ3v) is 3.59. The molecule has 0 aliphatic heterocycles. The van der Waals surface area contributed by atoms with Gasteiger partial charge in [-0.25, -0.2) is 0 Å². The molecule has 0 aromatic rings. The first-order chi connectivity index (χ1) is 11.8. The lowest BCUT2D eigenvalue weighted by Gasteiger charge is -2.02. The minimum Gasteiger partial charge on any atom is -0.466 e. The van der Waals surface area contributed by atoms with Gasteiger partial charge in [0.25, 0.3) is 0 Å². The third kappa shape index (κ3) is 18.7. The van der Waals surface area contributed by atoms with E-state index in [1.165, 1.54) is 25.7 Å². The van der Waals surface area contributed by atoms with Gasteiger partial charge < -0.3 is 9.84 Å². The second-order valence-electron chi connectivity index (χ2n) is 5.92. The van der Waals surface area contributed by atoms with Gasteiger partial charge in [-0.15, -0.1) is 0 Å². The molecule has 0 fully saturated rings. The largest absolute Gasteiger partial charge is 0.466 e. The molecule has 0 amide bonds. The number of aliphatic hydroxyl groups is 1. The van der Waals surface area contributed by atoms with E-state index in [4.69, 9.17) is 9.84 Å². The Balaban J connectivity index is 3.37. The van der Waals surface area contributed by atoms with Gasteiger partial charge in [0, 0.05) is 19.4 Å². The molecule has 138 valence electrons. The molecule has 0 aromatic heterocycles. The molecule has 0 rings (SSSR count). The summed E-state index contributed by atoms with van der Waals surface area (Å²) in [5.74, 6) is -0.155.